The molecule has 0 unspecified atom stereocenters. The highest BCUT2D eigenvalue weighted by Crippen LogP contribution is 2.39. The quantitative estimate of drug-likeness (QED) is 0.456. The van der Waals surface area contributed by atoms with Crippen LogP contribution in [-0.4, -0.2) is 28.6 Å². The number of halogens is 4. The number of aromatic nitrogens is 2. The first-order chi connectivity index (χ1) is 15.6. The lowest BCUT2D eigenvalue weighted by Gasteiger charge is -2.26. The monoisotopic (exact) mass is 485 g/mol. The molecule has 182 valence electrons. The number of carbonyl (C=O) groups excluding carboxylic acids is 1. The number of aryl methyl sites for hydroxylation is 2. The number of rotatable bonds is 8. The van der Waals surface area contributed by atoms with E-state index >= 15 is 0 Å². The van der Waals surface area contributed by atoms with Gasteiger partial charge in [-0.15, -0.1) is 13.2 Å². The van der Waals surface area contributed by atoms with E-state index in [2.05, 4.69) is 22.1 Å². The van der Waals surface area contributed by atoms with Gasteiger partial charge in [0.05, 0.1) is 10.7 Å². The molecular weight excluding hydrogens is 455 g/mol. The van der Waals surface area contributed by atoms with E-state index in [9.17, 15) is 18.0 Å². The van der Waals surface area contributed by atoms with Gasteiger partial charge in [-0.05, 0) is 55.7 Å². The number of carbonyl (C=O) groups is 1. The van der Waals surface area contributed by atoms with Crippen molar-refractivity contribution in [3.63, 3.8) is 0 Å². The van der Waals surface area contributed by atoms with Crippen molar-refractivity contribution in [2.75, 3.05) is 6.54 Å². The second-order valence-electron chi connectivity index (χ2n) is 8.79. The molecule has 1 heterocycles. The Kier molecular flexibility index (Phi) is 8.32. The van der Waals surface area contributed by atoms with Gasteiger partial charge in [0.2, 0.25) is 0 Å². The van der Waals surface area contributed by atoms with Crippen molar-refractivity contribution in [3.8, 4) is 17.0 Å². The fourth-order valence-electron chi connectivity index (χ4n) is 4.34. The molecule has 1 aromatic heterocycles. The van der Waals surface area contributed by atoms with Crippen LogP contribution in [0.1, 0.15) is 68.9 Å². The van der Waals surface area contributed by atoms with E-state index in [4.69, 9.17) is 11.6 Å². The zero-order valence-electron chi connectivity index (χ0n) is 19.3. The molecule has 0 spiro atoms. The second-order valence-corrected chi connectivity index (χ2v) is 9.17. The highest BCUT2D eigenvalue weighted by atomic mass is 35.5. The van der Waals surface area contributed by atoms with Gasteiger partial charge >= 0.3 is 6.36 Å². The van der Waals surface area contributed by atoms with Crippen LogP contribution < -0.4 is 10.1 Å². The van der Waals surface area contributed by atoms with Crippen LogP contribution in [-0.2, 0) is 13.0 Å². The Hall–Kier alpha value is -2.22. The Bertz CT molecular complexity index is 967. The summed E-state index contributed by atoms with van der Waals surface area (Å²) in [6.45, 7) is 6.82. The lowest BCUT2D eigenvalue weighted by molar-refractivity contribution is -0.274. The Balaban J connectivity index is 1.90. The van der Waals surface area contributed by atoms with Crippen LogP contribution in [0.15, 0.2) is 18.2 Å². The number of hydrogen-bond donors (Lipinski definition) is 1. The first-order valence-electron chi connectivity index (χ1n) is 11.6. The Morgan fingerprint density at radius 3 is 2.55 bits per heavy atom. The Morgan fingerprint density at radius 2 is 1.94 bits per heavy atom. The maximum Gasteiger partial charge on any atom is 0.573 e. The topological polar surface area (TPSA) is 56.2 Å². The van der Waals surface area contributed by atoms with Gasteiger partial charge in [0.15, 0.2) is 5.69 Å². The van der Waals surface area contributed by atoms with E-state index < -0.39 is 12.3 Å². The van der Waals surface area contributed by atoms with E-state index in [-0.39, 0.29) is 27.7 Å². The van der Waals surface area contributed by atoms with Crippen molar-refractivity contribution in [3.05, 3.63) is 34.5 Å². The normalized spacial score (nSPS) is 18.9. The van der Waals surface area contributed by atoms with Gasteiger partial charge in [-0.2, -0.15) is 5.10 Å². The predicted octanol–water partition coefficient (Wildman–Crippen LogP) is 6.63. The van der Waals surface area contributed by atoms with E-state index in [0.717, 1.165) is 37.7 Å². The number of ether oxygens (including phenoxy) is 1. The summed E-state index contributed by atoms with van der Waals surface area (Å²) >= 11 is 6.54. The summed E-state index contributed by atoms with van der Waals surface area (Å²) in [6, 6.07) is 4.67. The standard InChI is InChI=1S/C24H31ClF3N3O2/c1-4-6-16-11-12-18(19(13-16)33-24(26,27)28)22-20(25)21(30-31(22)5-2)23(32)29-14-17-9-7-15(3)8-10-17/h11-13,15,17H,4-10,14H2,1-3H3,(H,29,32). The fraction of sp³-hybridized carbons (Fsp3) is 0.583. The van der Waals surface area contributed by atoms with E-state index in [1.54, 1.807) is 19.1 Å². The third kappa shape index (κ3) is 6.43. The summed E-state index contributed by atoms with van der Waals surface area (Å²) in [5.74, 6) is 0.349. The van der Waals surface area contributed by atoms with Crippen LogP contribution in [0.3, 0.4) is 0 Å². The van der Waals surface area contributed by atoms with Crippen molar-refractivity contribution in [1.82, 2.24) is 15.1 Å². The fourth-order valence-corrected chi connectivity index (χ4v) is 4.66. The molecule has 1 fully saturated rings. The van der Waals surface area contributed by atoms with Crippen LogP contribution in [0, 0.1) is 11.8 Å². The average Bonchev–Trinajstić information content (AvgIpc) is 3.09. The molecule has 3 rings (SSSR count). The molecule has 0 aliphatic heterocycles. The largest absolute Gasteiger partial charge is 0.573 e. The molecule has 5 nitrogen and oxygen atoms in total. The number of nitrogens with zero attached hydrogens (tertiary/aromatic N) is 2. The van der Waals surface area contributed by atoms with Gasteiger partial charge < -0.3 is 10.1 Å². The van der Waals surface area contributed by atoms with Crippen molar-refractivity contribution < 1.29 is 22.7 Å². The smallest absolute Gasteiger partial charge is 0.405 e. The molecule has 1 aliphatic carbocycles. The molecule has 0 saturated heterocycles. The van der Waals surface area contributed by atoms with Gasteiger partial charge in [0.1, 0.15) is 5.75 Å². The molecule has 1 amide bonds. The molecule has 9 heteroatoms. The lowest BCUT2D eigenvalue weighted by atomic mass is 9.83. The summed E-state index contributed by atoms with van der Waals surface area (Å²) in [5, 5.41) is 7.24. The second kappa shape index (κ2) is 10.8. The molecule has 0 radical (unpaired) electrons. The molecule has 2 aromatic rings. The third-order valence-electron chi connectivity index (χ3n) is 6.16. The zero-order valence-corrected chi connectivity index (χ0v) is 20.0. The SMILES string of the molecule is CCCc1ccc(-c2c(Cl)c(C(=O)NCC3CCC(C)CC3)nn2CC)c(OC(F)(F)F)c1. The average molecular weight is 486 g/mol. The van der Waals surface area contributed by atoms with E-state index in [1.165, 1.54) is 10.7 Å². The van der Waals surface area contributed by atoms with Gasteiger partial charge in [-0.3, -0.25) is 9.48 Å². The Morgan fingerprint density at radius 1 is 1.24 bits per heavy atom. The van der Waals surface area contributed by atoms with Crippen molar-refractivity contribution in [2.24, 2.45) is 11.8 Å². The summed E-state index contributed by atoms with van der Waals surface area (Å²) in [7, 11) is 0. The van der Waals surface area contributed by atoms with Crippen LogP contribution in [0.2, 0.25) is 5.02 Å². The summed E-state index contributed by atoms with van der Waals surface area (Å²) in [5.41, 5.74) is 1.11. The zero-order chi connectivity index (χ0) is 24.2. The first kappa shape index (κ1) is 25.4. The van der Waals surface area contributed by atoms with Gasteiger partial charge in [0, 0.05) is 18.7 Å². The molecule has 1 aliphatic rings. The first-order valence-corrected chi connectivity index (χ1v) is 11.9. The van der Waals surface area contributed by atoms with Crippen LogP contribution in [0.5, 0.6) is 5.75 Å². The molecule has 0 bridgehead atoms. The number of amides is 1. The summed E-state index contributed by atoms with van der Waals surface area (Å²) < 4.78 is 45.2. The number of alkyl halides is 3. The van der Waals surface area contributed by atoms with Crippen molar-refractivity contribution in [2.45, 2.75) is 72.2 Å². The minimum Gasteiger partial charge on any atom is -0.405 e. The van der Waals surface area contributed by atoms with Crippen LogP contribution in [0.4, 0.5) is 13.2 Å². The van der Waals surface area contributed by atoms with E-state index in [0.29, 0.717) is 31.3 Å². The highest BCUT2D eigenvalue weighted by Gasteiger charge is 2.34. The van der Waals surface area contributed by atoms with Crippen LogP contribution in [0.25, 0.3) is 11.3 Å². The maximum atomic E-state index is 13.1. The number of nitrogens with one attached hydrogen (secondary N) is 1. The maximum absolute atomic E-state index is 13.1. The number of benzene rings is 1. The van der Waals surface area contributed by atoms with Crippen molar-refractivity contribution >= 4 is 17.5 Å². The third-order valence-corrected chi connectivity index (χ3v) is 6.52. The molecule has 1 N–H and O–H groups in total. The molecular formula is C24H31ClF3N3O2. The number of hydrogen-bond acceptors (Lipinski definition) is 3. The molecule has 33 heavy (non-hydrogen) atoms. The molecule has 1 saturated carbocycles. The van der Waals surface area contributed by atoms with Gasteiger partial charge in [-0.25, -0.2) is 0 Å². The molecule has 1 aromatic carbocycles. The highest BCUT2D eigenvalue weighted by molar-refractivity contribution is 6.36. The minimum absolute atomic E-state index is 0.00767. The summed E-state index contributed by atoms with van der Waals surface area (Å²) in [6.07, 6.45) is 0.947. The van der Waals surface area contributed by atoms with Gasteiger partial charge in [-0.1, -0.05) is 50.8 Å². The van der Waals surface area contributed by atoms with Crippen molar-refractivity contribution in [1.29, 1.82) is 0 Å². The lowest BCUT2D eigenvalue weighted by Crippen LogP contribution is -2.31. The van der Waals surface area contributed by atoms with Gasteiger partial charge in [0.25, 0.3) is 5.91 Å². The Labute approximate surface area is 197 Å². The van der Waals surface area contributed by atoms with E-state index in [1.807, 2.05) is 6.92 Å². The molecule has 0 atom stereocenters. The van der Waals surface area contributed by atoms with Crippen LogP contribution >= 0.6 is 11.6 Å². The summed E-state index contributed by atoms with van der Waals surface area (Å²) in [4.78, 5) is 12.9. The minimum atomic E-state index is -4.86. The predicted molar refractivity (Wildman–Crippen MR) is 122 cm³/mol.